The lowest BCUT2D eigenvalue weighted by atomic mass is 10.1. The molecule has 1 aliphatic heterocycles. The molecule has 0 bridgehead atoms. The predicted molar refractivity (Wildman–Crippen MR) is 106 cm³/mol. The molecule has 27 heavy (non-hydrogen) atoms. The van der Waals surface area contributed by atoms with E-state index in [-0.39, 0.29) is 29.5 Å². The number of sulfone groups is 1. The number of hydrogen-bond acceptors (Lipinski definition) is 5. The number of amides is 1. The molecule has 1 atom stereocenters. The van der Waals surface area contributed by atoms with E-state index in [9.17, 15) is 13.2 Å². The van der Waals surface area contributed by atoms with Gasteiger partial charge in [0.05, 0.1) is 28.7 Å². The van der Waals surface area contributed by atoms with Crippen molar-refractivity contribution in [2.75, 3.05) is 18.1 Å². The molecule has 2 aromatic rings. The van der Waals surface area contributed by atoms with Gasteiger partial charge in [-0.05, 0) is 39.7 Å². The minimum absolute atomic E-state index is 0.0565. The Morgan fingerprint density at radius 3 is 2.74 bits per heavy atom. The van der Waals surface area contributed by atoms with Gasteiger partial charge in [-0.3, -0.25) is 4.79 Å². The third-order valence-corrected chi connectivity index (χ3v) is 6.83. The molecular weight excluding hydrogens is 364 g/mol. The smallest absolute Gasteiger partial charge is 0.255 e. The van der Waals surface area contributed by atoms with E-state index in [0.29, 0.717) is 24.2 Å². The first-order valence-corrected chi connectivity index (χ1v) is 11.4. The second-order valence-corrected chi connectivity index (χ2v) is 9.87. The summed E-state index contributed by atoms with van der Waals surface area (Å²) in [6.07, 6.45) is 3.99. The zero-order valence-corrected chi connectivity index (χ0v) is 17.3. The molecule has 1 amide bonds. The standard InChI is InChI=1S/C19H28N4O3S/c1-5-6-8-22(15-7-9-27(25,26)12-15)19(24)16-10-14(4)21-18-17(16)11-20-23(18)13(2)3/h10-11,13,15H,5-9,12H2,1-4H3. The summed E-state index contributed by atoms with van der Waals surface area (Å²) in [4.78, 5) is 19.8. The van der Waals surface area contributed by atoms with Crippen molar-refractivity contribution in [1.82, 2.24) is 19.7 Å². The number of nitrogens with zero attached hydrogens (tertiary/aromatic N) is 4. The van der Waals surface area contributed by atoms with Gasteiger partial charge in [-0.25, -0.2) is 18.1 Å². The number of rotatable bonds is 6. The van der Waals surface area contributed by atoms with Gasteiger partial charge < -0.3 is 4.90 Å². The van der Waals surface area contributed by atoms with Gasteiger partial charge in [0.15, 0.2) is 15.5 Å². The van der Waals surface area contributed by atoms with Gasteiger partial charge in [-0.2, -0.15) is 5.10 Å². The molecule has 0 aromatic carbocycles. The first-order chi connectivity index (χ1) is 12.7. The Kier molecular flexibility index (Phi) is 5.55. The molecule has 1 saturated heterocycles. The van der Waals surface area contributed by atoms with E-state index < -0.39 is 9.84 Å². The van der Waals surface area contributed by atoms with Crippen LogP contribution in [0.2, 0.25) is 0 Å². The molecule has 0 N–H and O–H groups in total. The largest absolute Gasteiger partial charge is 0.335 e. The van der Waals surface area contributed by atoms with Gasteiger partial charge in [0.25, 0.3) is 5.91 Å². The summed E-state index contributed by atoms with van der Waals surface area (Å²) in [5.74, 6) is 0.0919. The molecule has 3 heterocycles. The summed E-state index contributed by atoms with van der Waals surface area (Å²) >= 11 is 0. The van der Waals surface area contributed by atoms with E-state index in [4.69, 9.17) is 0 Å². The van der Waals surface area contributed by atoms with Crippen LogP contribution in [0.4, 0.5) is 0 Å². The van der Waals surface area contributed by atoms with Crippen LogP contribution in [0.3, 0.4) is 0 Å². The monoisotopic (exact) mass is 392 g/mol. The van der Waals surface area contributed by atoms with Gasteiger partial charge in [0.2, 0.25) is 0 Å². The fraction of sp³-hybridized carbons (Fsp3) is 0.632. The highest BCUT2D eigenvalue weighted by atomic mass is 32.2. The molecule has 2 aromatic heterocycles. The third-order valence-electron chi connectivity index (χ3n) is 5.08. The second kappa shape index (κ2) is 7.58. The number of hydrogen-bond donors (Lipinski definition) is 0. The molecule has 1 unspecified atom stereocenters. The molecule has 0 radical (unpaired) electrons. The molecule has 1 fully saturated rings. The fourth-order valence-electron chi connectivity index (χ4n) is 3.65. The fourth-order valence-corrected chi connectivity index (χ4v) is 5.38. The van der Waals surface area contributed by atoms with E-state index in [1.54, 1.807) is 17.2 Å². The molecule has 3 rings (SSSR count). The van der Waals surface area contributed by atoms with Crippen LogP contribution in [-0.4, -0.2) is 58.1 Å². The minimum Gasteiger partial charge on any atom is -0.335 e. The summed E-state index contributed by atoms with van der Waals surface area (Å²) in [5, 5.41) is 5.13. The average Bonchev–Trinajstić information content (AvgIpc) is 3.17. The summed E-state index contributed by atoms with van der Waals surface area (Å²) < 4.78 is 25.7. The number of fused-ring (bicyclic) bond motifs is 1. The molecule has 1 aliphatic rings. The number of unbranched alkanes of at least 4 members (excludes halogenated alkanes) is 1. The van der Waals surface area contributed by atoms with Gasteiger partial charge >= 0.3 is 0 Å². The zero-order valence-electron chi connectivity index (χ0n) is 16.5. The molecule has 7 nitrogen and oxygen atoms in total. The highest BCUT2D eigenvalue weighted by Crippen LogP contribution is 2.26. The normalized spacial score (nSPS) is 19.1. The molecule has 0 aliphatic carbocycles. The number of aryl methyl sites for hydroxylation is 1. The lowest BCUT2D eigenvalue weighted by Gasteiger charge is -2.28. The number of carbonyl (C=O) groups is 1. The van der Waals surface area contributed by atoms with Crippen molar-refractivity contribution in [1.29, 1.82) is 0 Å². The molecular formula is C19H28N4O3S. The Balaban J connectivity index is 2.03. The number of aromatic nitrogens is 3. The van der Waals surface area contributed by atoms with Crippen LogP contribution in [0.25, 0.3) is 11.0 Å². The molecule has 148 valence electrons. The first kappa shape index (κ1) is 19.8. The van der Waals surface area contributed by atoms with Crippen LogP contribution in [0.5, 0.6) is 0 Å². The van der Waals surface area contributed by atoms with Gasteiger partial charge in [-0.1, -0.05) is 13.3 Å². The van der Waals surface area contributed by atoms with Crippen molar-refractivity contribution in [3.05, 3.63) is 23.5 Å². The summed E-state index contributed by atoms with van der Waals surface area (Å²) in [7, 11) is -3.06. The first-order valence-electron chi connectivity index (χ1n) is 9.59. The topological polar surface area (TPSA) is 85.2 Å². The maximum atomic E-state index is 13.5. The lowest BCUT2D eigenvalue weighted by Crippen LogP contribution is -2.42. The van der Waals surface area contributed by atoms with Crippen molar-refractivity contribution < 1.29 is 13.2 Å². The Bertz CT molecular complexity index is 949. The molecule has 8 heteroatoms. The van der Waals surface area contributed by atoms with Gasteiger partial charge in [-0.15, -0.1) is 0 Å². The van der Waals surface area contributed by atoms with Crippen molar-refractivity contribution >= 4 is 26.8 Å². The summed E-state index contributed by atoms with van der Waals surface area (Å²) in [6.45, 7) is 8.54. The van der Waals surface area contributed by atoms with E-state index in [0.717, 1.165) is 23.9 Å². The van der Waals surface area contributed by atoms with Crippen LogP contribution < -0.4 is 0 Å². The number of pyridine rings is 1. The van der Waals surface area contributed by atoms with Gasteiger partial charge in [0, 0.05) is 24.3 Å². The Morgan fingerprint density at radius 1 is 1.41 bits per heavy atom. The highest BCUT2D eigenvalue weighted by molar-refractivity contribution is 7.91. The van der Waals surface area contributed by atoms with E-state index in [2.05, 4.69) is 17.0 Å². The third kappa shape index (κ3) is 4.00. The quantitative estimate of drug-likeness (QED) is 0.755. The van der Waals surface area contributed by atoms with Crippen molar-refractivity contribution in [2.45, 2.75) is 59.0 Å². The molecule has 0 spiro atoms. The van der Waals surface area contributed by atoms with E-state index >= 15 is 0 Å². The zero-order chi connectivity index (χ0) is 19.8. The van der Waals surface area contributed by atoms with E-state index in [1.165, 1.54) is 0 Å². The summed E-state index contributed by atoms with van der Waals surface area (Å²) in [6, 6.07) is 1.67. The maximum Gasteiger partial charge on any atom is 0.255 e. The number of carbonyl (C=O) groups excluding carboxylic acids is 1. The summed E-state index contributed by atoms with van der Waals surface area (Å²) in [5.41, 5.74) is 2.01. The second-order valence-electron chi connectivity index (χ2n) is 7.64. The highest BCUT2D eigenvalue weighted by Gasteiger charge is 2.35. The van der Waals surface area contributed by atoms with Crippen LogP contribution in [0.15, 0.2) is 12.3 Å². The van der Waals surface area contributed by atoms with Crippen molar-refractivity contribution in [2.24, 2.45) is 0 Å². The van der Waals surface area contributed by atoms with Gasteiger partial charge in [0.1, 0.15) is 0 Å². The lowest BCUT2D eigenvalue weighted by molar-refractivity contribution is 0.0696. The van der Waals surface area contributed by atoms with Crippen LogP contribution in [0.1, 0.15) is 62.1 Å². The minimum atomic E-state index is -3.06. The van der Waals surface area contributed by atoms with Crippen LogP contribution in [-0.2, 0) is 9.84 Å². The maximum absolute atomic E-state index is 13.5. The van der Waals surface area contributed by atoms with Crippen LogP contribution in [0, 0.1) is 6.92 Å². The SMILES string of the molecule is CCCCN(C(=O)c1cc(C)nc2c1cnn2C(C)C)C1CCS(=O)(=O)C1. The Hall–Kier alpha value is -1.96. The van der Waals surface area contributed by atoms with Crippen molar-refractivity contribution in [3.8, 4) is 0 Å². The molecule has 0 saturated carbocycles. The average molecular weight is 393 g/mol. The van der Waals surface area contributed by atoms with E-state index in [1.807, 2.05) is 25.5 Å². The van der Waals surface area contributed by atoms with Crippen LogP contribution >= 0.6 is 0 Å². The van der Waals surface area contributed by atoms with Crippen molar-refractivity contribution in [3.63, 3.8) is 0 Å². The predicted octanol–water partition coefficient (Wildman–Crippen LogP) is 2.75. The Labute approximate surface area is 160 Å². The Morgan fingerprint density at radius 2 is 2.15 bits per heavy atom.